The molecule has 1 heterocycles. The van der Waals surface area contributed by atoms with Gasteiger partial charge in [-0.25, -0.2) is 4.90 Å². The summed E-state index contributed by atoms with van der Waals surface area (Å²) < 4.78 is 0. The zero-order valence-electron chi connectivity index (χ0n) is 12.0. The molecule has 1 aliphatic rings. The molecule has 2 amide bonds. The van der Waals surface area contributed by atoms with E-state index < -0.39 is 6.04 Å². The molecule has 22 heavy (non-hydrogen) atoms. The van der Waals surface area contributed by atoms with Crippen LogP contribution in [0, 0.1) is 6.92 Å². The van der Waals surface area contributed by atoms with E-state index >= 15 is 0 Å². The van der Waals surface area contributed by atoms with Crippen LogP contribution in [0.2, 0.25) is 5.02 Å². The van der Waals surface area contributed by atoms with Crippen molar-refractivity contribution in [1.29, 1.82) is 0 Å². The molecule has 5 heteroatoms. The van der Waals surface area contributed by atoms with Crippen LogP contribution < -0.4 is 10.2 Å². The highest BCUT2D eigenvalue weighted by Gasteiger charge is 2.39. The molecule has 0 bridgehead atoms. The molecule has 0 spiro atoms. The van der Waals surface area contributed by atoms with Crippen molar-refractivity contribution in [1.82, 2.24) is 0 Å². The summed E-state index contributed by atoms with van der Waals surface area (Å²) in [6, 6.07) is 13.9. The maximum absolute atomic E-state index is 12.5. The van der Waals surface area contributed by atoms with Gasteiger partial charge in [0.1, 0.15) is 6.04 Å². The van der Waals surface area contributed by atoms with Gasteiger partial charge < -0.3 is 5.32 Å². The zero-order valence-corrected chi connectivity index (χ0v) is 12.8. The lowest BCUT2D eigenvalue weighted by atomic mass is 10.2. The van der Waals surface area contributed by atoms with Gasteiger partial charge in [-0.3, -0.25) is 9.59 Å². The molecule has 0 aromatic heterocycles. The molecule has 1 saturated heterocycles. The molecule has 1 atom stereocenters. The van der Waals surface area contributed by atoms with E-state index in [0.717, 1.165) is 11.3 Å². The van der Waals surface area contributed by atoms with E-state index in [0.29, 0.717) is 10.7 Å². The summed E-state index contributed by atoms with van der Waals surface area (Å²) >= 11 is 5.94. The summed E-state index contributed by atoms with van der Waals surface area (Å²) in [6.45, 7) is 1.98. The molecule has 2 aromatic rings. The molecule has 1 N–H and O–H groups in total. The Kier molecular flexibility index (Phi) is 3.86. The minimum atomic E-state index is -0.548. The molecule has 0 unspecified atom stereocenters. The number of aryl methyl sites for hydroxylation is 1. The van der Waals surface area contributed by atoms with Gasteiger partial charge in [0.25, 0.3) is 5.91 Å². The third kappa shape index (κ3) is 2.83. The largest absolute Gasteiger partial charge is 0.373 e. The quantitative estimate of drug-likeness (QED) is 0.883. The normalized spacial score (nSPS) is 17.9. The number of hydrogen-bond acceptors (Lipinski definition) is 3. The summed E-state index contributed by atoms with van der Waals surface area (Å²) in [6.07, 6.45) is 0.138. The van der Waals surface area contributed by atoms with Gasteiger partial charge in [0.15, 0.2) is 0 Å². The number of rotatable bonds is 3. The summed E-state index contributed by atoms with van der Waals surface area (Å²) in [4.78, 5) is 25.9. The summed E-state index contributed by atoms with van der Waals surface area (Å²) in [5.74, 6) is -0.480. The van der Waals surface area contributed by atoms with Crippen molar-refractivity contribution >= 4 is 34.8 Å². The second-order valence-corrected chi connectivity index (χ2v) is 5.75. The maximum atomic E-state index is 12.5. The van der Waals surface area contributed by atoms with Crippen LogP contribution in [0.4, 0.5) is 11.4 Å². The van der Waals surface area contributed by atoms with Crippen molar-refractivity contribution < 1.29 is 9.59 Å². The van der Waals surface area contributed by atoms with Crippen molar-refractivity contribution in [2.45, 2.75) is 19.4 Å². The molecule has 0 saturated carbocycles. The fraction of sp³-hybridized carbons (Fsp3) is 0.176. The Bertz CT molecular complexity index is 745. The first-order chi connectivity index (χ1) is 10.5. The average Bonchev–Trinajstić information content (AvgIpc) is 2.73. The van der Waals surface area contributed by atoms with E-state index in [1.807, 2.05) is 31.2 Å². The minimum absolute atomic E-state index is 0.138. The highest BCUT2D eigenvalue weighted by Crippen LogP contribution is 2.27. The number of halogens is 1. The number of carbonyl (C=O) groups is 2. The second kappa shape index (κ2) is 5.81. The van der Waals surface area contributed by atoms with Gasteiger partial charge in [-0.2, -0.15) is 0 Å². The summed E-state index contributed by atoms with van der Waals surface area (Å²) in [5, 5.41) is 3.62. The molecule has 1 fully saturated rings. The highest BCUT2D eigenvalue weighted by molar-refractivity contribution is 6.31. The zero-order chi connectivity index (χ0) is 15.7. The van der Waals surface area contributed by atoms with Crippen LogP contribution in [0.5, 0.6) is 0 Å². The molecule has 2 aromatic carbocycles. The molecule has 1 aliphatic heterocycles. The van der Waals surface area contributed by atoms with Gasteiger partial charge in [0, 0.05) is 10.7 Å². The lowest BCUT2D eigenvalue weighted by molar-refractivity contribution is -0.121. The molecular formula is C17H15ClN2O2. The molecular weight excluding hydrogens is 300 g/mol. The van der Waals surface area contributed by atoms with Crippen LogP contribution in [0.25, 0.3) is 0 Å². The van der Waals surface area contributed by atoms with Gasteiger partial charge in [-0.15, -0.1) is 0 Å². The first kappa shape index (κ1) is 14.6. The van der Waals surface area contributed by atoms with E-state index in [4.69, 9.17) is 11.6 Å². The fourth-order valence-corrected chi connectivity index (χ4v) is 2.75. The Morgan fingerprint density at radius 1 is 1.14 bits per heavy atom. The molecule has 0 radical (unpaired) electrons. The van der Waals surface area contributed by atoms with Crippen LogP contribution in [-0.4, -0.2) is 17.9 Å². The molecule has 3 rings (SSSR count). The van der Waals surface area contributed by atoms with Crippen LogP contribution in [0.1, 0.15) is 12.0 Å². The first-order valence-corrected chi connectivity index (χ1v) is 7.38. The summed E-state index contributed by atoms with van der Waals surface area (Å²) in [7, 11) is 0. The number of benzene rings is 2. The lowest BCUT2D eigenvalue weighted by Crippen LogP contribution is -2.34. The Labute approximate surface area is 133 Å². The van der Waals surface area contributed by atoms with Crippen LogP contribution in [-0.2, 0) is 9.59 Å². The van der Waals surface area contributed by atoms with E-state index in [1.165, 1.54) is 4.90 Å². The molecule has 4 nitrogen and oxygen atoms in total. The van der Waals surface area contributed by atoms with Crippen LogP contribution >= 0.6 is 11.6 Å². The topological polar surface area (TPSA) is 49.4 Å². The first-order valence-electron chi connectivity index (χ1n) is 7.00. The predicted molar refractivity (Wildman–Crippen MR) is 87.2 cm³/mol. The van der Waals surface area contributed by atoms with Gasteiger partial charge in [-0.05, 0) is 42.8 Å². The molecule has 112 valence electrons. The van der Waals surface area contributed by atoms with Crippen molar-refractivity contribution in [3.8, 4) is 0 Å². The SMILES string of the molecule is Cc1cccc(N[C@H]2CC(=O)N(c3cccc(Cl)c3)C2=O)c1. The number of nitrogens with zero attached hydrogens (tertiary/aromatic N) is 1. The van der Waals surface area contributed by atoms with Gasteiger partial charge >= 0.3 is 0 Å². The number of hydrogen-bond donors (Lipinski definition) is 1. The number of amides is 2. The van der Waals surface area contributed by atoms with Gasteiger partial charge in [-0.1, -0.05) is 29.8 Å². The second-order valence-electron chi connectivity index (χ2n) is 5.32. The van der Waals surface area contributed by atoms with E-state index in [-0.39, 0.29) is 18.2 Å². The van der Waals surface area contributed by atoms with Gasteiger partial charge in [0.2, 0.25) is 5.91 Å². The number of carbonyl (C=O) groups excluding carboxylic acids is 2. The van der Waals surface area contributed by atoms with Crippen LogP contribution in [0.3, 0.4) is 0 Å². The fourth-order valence-electron chi connectivity index (χ4n) is 2.57. The summed E-state index contributed by atoms with van der Waals surface area (Å²) in [5.41, 5.74) is 2.43. The van der Waals surface area contributed by atoms with E-state index in [9.17, 15) is 9.59 Å². The maximum Gasteiger partial charge on any atom is 0.256 e. The van der Waals surface area contributed by atoms with Crippen molar-refractivity contribution in [2.24, 2.45) is 0 Å². The number of imide groups is 1. The monoisotopic (exact) mass is 314 g/mol. The standard InChI is InChI=1S/C17H15ClN2O2/c1-11-4-2-6-13(8-11)19-15-10-16(21)20(17(15)22)14-7-3-5-12(18)9-14/h2-9,15,19H,10H2,1H3/t15-/m0/s1. The van der Waals surface area contributed by atoms with Crippen molar-refractivity contribution in [3.05, 3.63) is 59.1 Å². The Morgan fingerprint density at radius 2 is 1.91 bits per heavy atom. The smallest absolute Gasteiger partial charge is 0.256 e. The third-order valence-corrected chi connectivity index (χ3v) is 3.81. The Hall–Kier alpha value is -2.33. The predicted octanol–water partition coefficient (Wildman–Crippen LogP) is 3.39. The van der Waals surface area contributed by atoms with Crippen molar-refractivity contribution in [2.75, 3.05) is 10.2 Å². The number of nitrogens with one attached hydrogen (secondary N) is 1. The highest BCUT2D eigenvalue weighted by atomic mass is 35.5. The Morgan fingerprint density at radius 3 is 2.64 bits per heavy atom. The van der Waals surface area contributed by atoms with Gasteiger partial charge in [0.05, 0.1) is 12.1 Å². The molecule has 0 aliphatic carbocycles. The third-order valence-electron chi connectivity index (χ3n) is 3.57. The van der Waals surface area contributed by atoms with E-state index in [2.05, 4.69) is 5.32 Å². The number of anilines is 2. The minimum Gasteiger partial charge on any atom is -0.373 e. The van der Waals surface area contributed by atoms with Crippen molar-refractivity contribution in [3.63, 3.8) is 0 Å². The Balaban J connectivity index is 1.82. The van der Waals surface area contributed by atoms with Crippen LogP contribution in [0.15, 0.2) is 48.5 Å². The lowest BCUT2D eigenvalue weighted by Gasteiger charge is -2.16. The van der Waals surface area contributed by atoms with E-state index in [1.54, 1.807) is 24.3 Å². The average molecular weight is 315 g/mol.